The lowest BCUT2D eigenvalue weighted by Gasteiger charge is -2.24. The summed E-state index contributed by atoms with van der Waals surface area (Å²) in [6.45, 7) is 0.381. The summed E-state index contributed by atoms with van der Waals surface area (Å²) in [5.41, 5.74) is 1.56. The van der Waals surface area contributed by atoms with Crippen LogP contribution in [0.25, 0.3) is 0 Å². The number of sulfonamides is 1. The molecule has 1 unspecified atom stereocenters. The van der Waals surface area contributed by atoms with Crippen LogP contribution in [-0.4, -0.2) is 49.2 Å². The summed E-state index contributed by atoms with van der Waals surface area (Å²) in [4.78, 5) is 3.83. The third-order valence-corrected chi connectivity index (χ3v) is 6.81. The maximum absolute atomic E-state index is 12.8. The fourth-order valence-electron chi connectivity index (χ4n) is 3.48. The summed E-state index contributed by atoms with van der Waals surface area (Å²) in [5, 5.41) is 8.18. The lowest BCUT2D eigenvalue weighted by Crippen LogP contribution is -2.34. The van der Waals surface area contributed by atoms with Gasteiger partial charge in [-0.2, -0.15) is 26.7 Å². The third kappa shape index (κ3) is 5.63. The first-order valence-corrected chi connectivity index (χ1v) is 12.1. The van der Waals surface area contributed by atoms with Crippen LogP contribution >= 0.6 is 11.6 Å². The SMILES string of the molecule is CN(/C=N/S(=O)(=O)c1ccc(C(F)(F)F)cc1)N1CC(c2cccnc2)C(c2ccc(Cl)cc2)=N1. The van der Waals surface area contributed by atoms with Gasteiger partial charge in [-0.05, 0) is 53.6 Å². The highest BCUT2D eigenvalue weighted by atomic mass is 35.5. The van der Waals surface area contributed by atoms with E-state index in [-0.39, 0.29) is 10.8 Å². The van der Waals surface area contributed by atoms with Crippen molar-refractivity contribution in [2.24, 2.45) is 9.50 Å². The standard InChI is InChI=1S/C23H19ClF3N5O2S/c1-31(15-29-35(33,34)20-10-6-18(7-11-20)23(25,26)27)32-14-21(17-3-2-12-28-13-17)22(30-32)16-4-8-19(24)9-5-16/h2-13,15,21H,14H2,1H3/b29-15+. The number of rotatable bonds is 6. The van der Waals surface area contributed by atoms with E-state index >= 15 is 0 Å². The van der Waals surface area contributed by atoms with E-state index < -0.39 is 21.8 Å². The van der Waals surface area contributed by atoms with Crippen molar-refractivity contribution in [2.45, 2.75) is 17.0 Å². The van der Waals surface area contributed by atoms with Gasteiger partial charge in [0, 0.05) is 24.5 Å². The van der Waals surface area contributed by atoms with Gasteiger partial charge in [0.25, 0.3) is 10.0 Å². The molecule has 0 amide bonds. The molecule has 182 valence electrons. The second-order valence-electron chi connectivity index (χ2n) is 7.68. The molecule has 2 aromatic carbocycles. The van der Waals surface area contributed by atoms with E-state index in [1.807, 2.05) is 24.3 Å². The largest absolute Gasteiger partial charge is 0.416 e. The normalized spacial score (nSPS) is 16.5. The highest BCUT2D eigenvalue weighted by Gasteiger charge is 2.32. The number of nitrogens with zero attached hydrogens (tertiary/aromatic N) is 5. The minimum absolute atomic E-state index is 0.160. The second-order valence-corrected chi connectivity index (χ2v) is 9.75. The predicted octanol–water partition coefficient (Wildman–Crippen LogP) is 4.82. The van der Waals surface area contributed by atoms with Gasteiger partial charge in [0.2, 0.25) is 0 Å². The molecule has 1 aliphatic heterocycles. The van der Waals surface area contributed by atoms with Gasteiger partial charge in [0.05, 0.1) is 28.6 Å². The fraction of sp³-hybridized carbons (Fsp3) is 0.174. The molecule has 1 atom stereocenters. The Labute approximate surface area is 205 Å². The molecule has 0 radical (unpaired) electrons. The van der Waals surface area contributed by atoms with Crippen molar-refractivity contribution < 1.29 is 21.6 Å². The van der Waals surface area contributed by atoms with Crippen LogP contribution in [0.1, 0.15) is 22.6 Å². The summed E-state index contributed by atoms with van der Waals surface area (Å²) >= 11 is 6.02. The maximum Gasteiger partial charge on any atom is 0.416 e. The Balaban J connectivity index is 1.57. The van der Waals surface area contributed by atoms with Crippen LogP contribution in [0, 0.1) is 0 Å². The van der Waals surface area contributed by atoms with E-state index in [1.165, 1.54) is 5.01 Å². The zero-order valence-corrected chi connectivity index (χ0v) is 19.8. The van der Waals surface area contributed by atoms with Crippen molar-refractivity contribution in [1.29, 1.82) is 0 Å². The van der Waals surface area contributed by atoms with Gasteiger partial charge in [0.15, 0.2) is 0 Å². The molecule has 0 saturated heterocycles. The Morgan fingerprint density at radius 1 is 1.11 bits per heavy atom. The number of hydrogen-bond acceptors (Lipinski definition) is 5. The van der Waals surface area contributed by atoms with Crippen molar-refractivity contribution in [3.05, 3.63) is 94.8 Å². The van der Waals surface area contributed by atoms with Gasteiger partial charge in [-0.15, -0.1) is 4.40 Å². The smallest absolute Gasteiger partial charge is 0.264 e. The molecule has 0 saturated carbocycles. The first-order chi connectivity index (χ1) is 16.5. The summed E-state index contributed by atoms with van der Waals surface area (Å²) in [7, 11) is -2.65. The molecule has 0 fully saturated rings. The highest BCUT2D eigenvalue weighted by molar-refractivity contribution is 7.90. The Kier molecular flexibility index (Phi) is 6.82. The number of hydrazine groups is 1. The van der Waals surface area contributed by atoms with E-state index in [2.05, 4.69) is 14.5 Å². The molecule has 0 N–H and O–H groups in total. The maximum atomic E-state index is 12.8. The minimum Gasteiger partial charge on any atom is -0.264 e. The zero-order valence-electron chi connectivity index (χ0n) is 18.3. The lowest BCUT2D eigenvalue weighted by atomic mass is 9.92. The van der Waals surface area contributed by atoms with Gasteiger partial charge in [-0.3, -0.25) is 9.99 Å². The minimum atomic E-state index is -4.56. The van der Waals surface area contributed by atoms with Gasteiger partial charge in [-0.1, -0.05) is 29.8 Å². The summed E-state index contributed by atoms with van der Waals surface area (Å²) in [6, 6.07) is 14.1. The van der Waals surface area contributed by atoms with Crippen LogP contribution in [0.15, 0.2) is 87.5 Å². The highest BCUT2D eigenvalue weighted by Crippen LogP contribution is 2.31. The van der Waals surface area contributed by atoms with Crippen LogP contribution in [-0.2, 0) is 16.2 Å². The topological polar surface area (TPSA) is 78.2 Å². The van der Waals surface area contributed by atoms with Crippen molar-refractivity contribution in [1.82, 2.24) is 15.1 Å². The molecule has 3 aromatic rings. The van der Waals surface area contributed by atoms with Gasteiger partial charge in [0.1, 0.15) is 6.34 Å². The monoisotopic (exact) mass is 521 g/mol. The number of benzene rings is 2. The number of aromatic nitrogens is 1. The molecule has 35 heavy (non-hydrogen) atoms. The van der Waals surface area contributed by atoms with E-state index in [0.717, 1.165) is 35.3 Å². The first-order valence-electron chi connectivity index (χ1n) is 10.3. The first kappa shape index (κ1) is 24.7. The summed E-state index contributed by atoms with van der Waals surface area (Å²) < 4.78 is 67.0. The summed E-state index contributed by atoms with van der Waals surface area (Å²) in [6.07, 6.45) is -0.100. The van der Waals surface area contributed by atoms with Gasteiger partial charge < -0.3 is 0 Å². The van der Waals surface area contributed by atoms with Crippen molar-refractivity contribution in [3.8, 4) is 0 Å². The molecule has 12 heteroatoms. The van der Waals surface area contributed by atoms with E-state index in [0.29, 0.717) is 23.7 Å². The average Bonchev–Trinajstić information content (AvgIpc) is 3.29. The van der Waals surface area contributed by atoms with Crippen molar-refractivity contribution in [3.63, 3.8) is 0 Å². The van der Waals surface area contributed by atoms with E-state index in [1.54, 1.807) is 36.7 Å². The number of hydrogen-bond donors (Lipinski definition) is 0. The molecular weight excluding hydrogens is 503 g/mol. The van der Waals surface area contributed by atoms with Crippen LogP contribution in [0.2, 0.25) is 5.02 Å². The average molecular weight is 522 g/mol. The molecule has 7 nitrogen and oxygen atoms in total. The van der Waals surface area contributed by atoms with Crippen LogP contribution in [0.3, 0.4) is 0 Å². The van der Waals surface area contributed by atoms with E-state index in [9.17, 15) is 21.6 Å². The Bertz CT molecular complexity index is 1350. The Morgan fingerprint density at radius 2 is 1.80 bits per heavy atom. The zero-order chi connectivity index (χ0) is 25.2. The van der Waals surface area contributed by atoms with Crippen molar-refractivity contribution in [2.75, 3.05) is 13.6 Å². The molecule has 0 spiro atoms. The molecular formula is C23H19ClF3N5O2S. The number of halogens is 4. The molecule has 1 aliphatic rings. The van der Waals surface area contributed by atoms with E-state index in [4.69, 9.17) is 11.6 Å². The third-order valence-electron chi connectivity index (χ3n) is 5.32. The quantitative estimate of drug-likeness (QED) is 0.343. The molecule has 2 heterocycles. The number of pyridine rings is 1. The molecule has 4 rings (SSSR count). The molecule has 0 aliphatic carbocycles. The fourth-order valence-corrected chi connectivity index (χ4v) is 4.46. The van der Waals surface area contributed by atoms with Gasteiger partial charge >= 0.3 is 6.18 Å². The second kappa shape index (κ2) is 9.67. The van der Waals surface area contributed by atoms with Crippen LogP contribution in [0.5, 0.6) is 0 Å². The van der Waals surface area contributed by atoms with Gasteiger partial charge in [-0.25, -0.2) is 5.12 Å². The predicted molar refractivity (Wildman–Crippen MR) is 127 cm³/mol. The number of hydrazone groups is 1. The van der Waals surface area contributed by atoms with Crippen LogP contribution in [0.4, 0.5) is 13.2 Å². The Morgan fingerprint density at radius 3 is 2.40 bits per heavy atom. The lowest BCUT2D eigenvalue weighted by molar-refractivity contribution is -0.137. The Hall–Kier alpha value is -3.44. The summed E-state index contributed by atoms with van der Waals surface area (Å²) in [5.74, 6) is -0.160. The number of alkyl halides is 3. The molecule has 0 bridgehead atoms. The van der Waals surface area contributed by atoms with Crippen molar-refractivity contribution >= 4 is 33.7 Å². The van der Waals surface area contributed by atoms with Crippen LogP contribution < -0.4 is 0 Å². The molecule has 1 aromatic heterocycles.